The number of aliphatic hydroxyl groups excluding tert-OH is 2. The number of anilines is 1. The molecule has 0 aliphatic rings. The minimum atomic E-state index is -0.462. The maximum Gasteiger partial charge on any atom is 0.142 e. The van der Waals surface area contributed by atoms with Gasteiger partial charge in [-0.2, -0.15) is 0 Å². The van der Waals surface area contributed by atoms with Crippen LogP contribution in [0, 0.1) is 5.82 Å². The van der Waals surface area contributed by atoms with Gasteiger partial charge in [0, 0.05) is 18.2 Å². The highest BCUT2D eigenvalue weighted by Crippen LogP contribution is 2.23. The van der Waals surface area contributed by atoms with Crippen molar-refractivity contribution in [3.63, 3.8) is 0 Å². The van der Waals surface area contributed by atoms with Crippen LogP contribution in [-0.4, -0.2) is 34.4 Å². The number of pyridine rings is 1. The largest absolute Gasteiger partial charge is 0.395 e. The Morgan fingerprint density at radius 1 is 1.33 bits per heavy atom. The number of aliphatic hydroxyl groups is 2. The molecule has 0 bridgehead atoms. The molecule has 18 heavy (non-hydrogen) atoms. The van der Waals surface area contributed by atoms with Crippen molar-refractivity contribution >= 4 is 5.82 Å². The third-order valence-electron chi connectivity index (χ3n) is 3.08. The quantitative estimate of drug-likeness (QED) is 0.779. The summed E-state index contributed by atoms with van der Waals surface area (Å²) in [5.74, 6) is 0.0953. The second kappa shape index (κ2) is 7.28. The van der Waals surface area contributed by atoms with E-state index < -0.39 is 5.82 Å². The molecule has 1 aromatic rings. The van der Waals surface area contributed by atoms with Crippen molar-refractivity contribution < 1.29 is 14.6 Å². The molecule has 0 radical (unpaired) electrons. The molecule has 5 heteroatoms. The number of halogens is 1. The second-order valence-electron chi connectivity index (χ2n) is 4.18. The average Bonchev–Trinajstić information content (AvgIpc) is 2.39. The van der Waals surface area contributed by atoms with Crippen LogP contribution in [0.15, 0.2) is 12.3 Å². The van der Waals surface area contributed by atoms with Crippen molar-refractivity contribution in [3.8, 4) is 0 Å². The van der Waals surface area contributed by atoms with Gasteiger partial charge in [0.25, 0.3) is 0 Å². The second-order valence-corrected chi connectivity index (χ2v) is 4.18. The molecule has 2 N–H and O–H groups in total. The molecule has 4 nitrogen and oxygen atoms in total. The summed E-state index contributed by atoms with van der Waals surface area (Å²) in [4.78, 5) is 6.00. The molecule has 1 rings (SSSR count). The first-order chi connectivity index (χ1) is 8.67. The van der Waals surface area contributed by atoms with Crippen LogP contribution in [0.5, 0.6) is 0 Å². The highest BCUT2D eigenvalue weighted by molar-refractivity contribution is 5.47. The highest BCUT2D eigenvalue weighted by Gasteiger charge is 2.19. The smallest absolute Gasteiger partial charge is 0.142 e. The van der Waals surface area contributed by atoms with Crippen LogP contribution >= 0.6 is 0 Å². The third kappa shape index (κ3) is 3.40. The Kier molecular flexibility index (Phi) is 6.01. The molecule has 0 aliphatic heterocycles. The number of rotatable bonds is 7. The zero-order chi connectivity index (χ0) is 13.5. The molecular weight excluding hydrogens is 235 g/mol. The Bertz CT molecular complexity index is 370. The molecule has 0 atom stereocenters. The lowest BCUT2D eigenvalue weighted by Gasteiger charge is -2.32. The monoisotopic (exact) mass is 256 g/mol. The van der Waals surface area contributed by atoms with E-state index in [4.69, 9.17) is 5.11 Å². The first-order valence-electron chi connectivity index (χ1n) is 6.30. The Labute approximate surface area is 107 Å². The fourth-order valence-electron chi connectivity index (χ4n) is 2.15. The van der Waals surface area contributed by atoms with Gasteiger partial charge in [0.2, 0.25) is 0 Å². The van der Waals surface area contributed by atoms with Crippen molar-refractivity contribution in [3.05, 3.63) is 23.6 Å². The fraction of sp³-hybridized carbons (Fsp3) is 0.615. The lowest BCUT2D eigenvalue weighted by atomic mass is 10.1. The van der Waals surface area contributed by atoms with Crippen LogP contribution in [0.3, 0.4) is 0 Å². The third-order valence-corrected chi connectivity index (χ3v) is 3.08. The van der Waals surface area contributed by atoms with Crippen LogP contribution in [0.4, 0.5) is 10.2 Å². The van der Waals surface area contributed by atoms with E-state index >= 15 is 0 Å². The summed E-state index contributed by atoms with van der Waals surface area (Å²) in [7, 11) is 0. The van der Waals surface area contributed by atoms with Gasteiger partial charge in [0.15, 0.2) is 0 Å². The van der Waals surface area contributed by atoms with E-state index in [0.29, 0.717) is 17.9 Å². The molecule has 0 saturated carbocycles. The Hall–Kier alpha value is -1.20. The standard InChI is InChI=1S/C13H21FN2O2/c1-3-12(4-2)16(5-6-17)13-10(9-18)7-11(14)8-15-13/h7-8,12,17-18H,3-6,9H2,1-2H3. The van der Waals surface area contributed by atoms with Gasteiger partial charge in [0.05, 0.1) is 19.4 Å². The van der Waals surface area contributed by atoms with E-state index in [0.717, 1.165) is 19.0 Å². The summed E-state index contributed by atoms with van der Waals surface area (Å²) >= 11 is 0. The summed E-state index contributed by atoms with van der Waals surface area (Å²) < 4.78 is 13.1. The van der Waals surface area contributed by atoms with E-state index in [1.165, 1.54) is 6.07 Å². The van der Waals surface area contributed by atoms with E-state index in [1.807, 2.05) is 4.90 Å². The maximum absolute atomic E-state index is 13.1. The van der Waals surface area contributed by atoms with Crippen LogP contribution in [-0.2, 0) is 6.61 Å². The fourth-order valence-corrected chi connectivity index (χ4v) is 2.15. The van der Waals surface area contributed by atoms with E-state index in [9.17, 15) is 9.50 Å². The first-order valence-corrected chi connectivity index (χ1v) is 6.30. The Morgan fingerprint density at radius 2 is 2.00 bits per heavy atom. The lowest BCUT2D eigenvalue weighted by molar-refractivity contribution is 0.278. The van der Waals surface area contributed by atoms with Crippen LogP contribution < -0.4 is 4.90 Å². The van der Waals surface area contributed by atoms with Gasteiger partial charge in [-0.25, -0.2) is 9.37 Å². The predicted molar refractivity (Wildman–Crippen MR) is 68.9 cm³/mol. The molecule has 1 heterocycles. The summed E-state index contributed by atoms with van der Waals surface area (Å²) in [6.45, 7) is 4.28. The summed E-state index contributed by atoms with van der Waals surface area (Å²) in [6, 6.07) is 1.51. The minimum absolute atomic E-state index is 0.000422. The Morgan fingerprint density at radius 3 is 2.50 bits per heavy atom. The highest BCUT2D eigenvalue weighted by atomic mass is 19.1. The molecule has 0 aliphatic carbocycles. The average molecular weight is 256 g/mol. The molecule has 0 aromatic carbocycles. The predicted octanol–water partition coefficient (Wildman–Crippen LogP) is 1.70. The molecule has 102 valence electrons. The minimum Gasteiger partial charge on any atom is -0.395 e. The normalized spacial score (nSPS) is 11.0. The lowest BCUT2D eigenvalue weighted by Crippen LogP contribution is -2.38. The molecule has 0 spiro atoms. The molecule has 1 aromatic heterocycles. The number of hydrogen-bond donors (Lipinski definition) is 2. The molecule has 0 unspecified atom stereocenters. The topological polar surface area (TPSA) is 56.6 Å². The summed E-state index contributed by atoms with van der Waals surface area (Å²) in [6.07, 6.45) is 2.95. The Balaban J connectivity index is 3.11. The van der Waals surface area contributed by atoms with Crippen LogP contribution in [0.1, 0.15) is 32.3 Å². The van der Waals surface area contributed by atoms with Gasteiger partial charge in [-0.3, -0.25) is 0 Å². The zero-order valence-electron chi connectivity index (χ0n) is 10.9. The van der Waals surface area contributed by atoms with Crippen molar-refractivity contribution in [1.29, 1.82) is 0 Å². The van der Waals surface area contributed by atoms with Crippen molar-refractivity contribution in [1.82, 2.24) is 4.98 Å². The zero-order valence-corrected chi connectivity index (χ0v) is 10.9. The van der Waals surface area contributed by atoms with Crippen molar-refractivity contribution in [2.24, 2.45) is 0 Å². The van der Waals surface area contributed by atoms with Crippen LogP contribution in [0.25, 0.3) is 0 Å². The maximum atomic E-state index is 13.1. The number of aromatic nitrogens is 1. The molecule has 0 amide bonds. The SMILES string of the molecule is CCC(CC)N(CCO)c1ncc(F)cc1CO. The number of nitrogens with zero attached hydrogens (tertiary/aromatic N) is 2. The van der Waals surface area contributed by atoms with Gasteiger partial charge in [-0.15, -0.1) is 0 Å². The van der Waals surface area contributed by atoms with Crippen molar-refractivity contribution in [2.75, 3.05) is 18.1 Å². The molecule has 0 saturated heterocycles. The van der Waals surface area contributed by atoms with Gasteiger partial charge < -0.3 is 15.1 Å². The van der Waals surface area contributed by atoms with Gasteiger partial charge in [-0.1, -0.05) is 13.8 Å². The van der Waals surface area contributed by atoms with Gasteiger partial charge in [0.1, 0.15) is 11.6 Å². The first kappa shape index (κ1) is 14.9. The van der Waals surface area contributed by atoms with E-state index in [-0.39, 0.29) is 19.3 Å². The summed E-state index contributed by atoms with van der Waals surface area (Å²) in [5.41, 5.74) is 0.454. The van der Waals surface area contributed by atoms with Crippen LogP contribution in [0.2, 0.25) is 0 Å². The summed E-state index contributed by atoms with van der Waals surface area (Å²) in [5, 5.41) is 18.4. The molecule has 0 fully saturated rings. The number of hydrogen-bond acceptors (Lipinski definition) is 4. The molecular formula is C13H21FN2O2. The van der Waals surface area contributed by atoms with Gasteiger partial charge >= 0.3 is 0 Å². The van der Waals surface area contributed by atoms with Crippen molar-refractivity contribution in [2.45, 2.75) is 39.3 Å². The van der Waals surface area contributed by atoms with E-state index in [2.05, 4.69) is 18.8 Å². The van der Waals surface area contributed by atoms with E-state index in [1.54, 1.807) is 0 Å². The van der Waals surface area contributed by atoms with Gasteiger partial charge in [-0.05, 0) is 18.9 Å².